The summed E-state index contributed by atoms with van der Waals surface area (Å²) in [4.78, 5) is 2.84. The van der Waals surface area contributed by atoms with E-state index in [1.165, 1.54) is 41.0 Å². The summed E-state index contributed by atoms with van der Waals surface area (Å²) in [5, 5.41) is 3.39. The SMILES string of the molecule is CCNCc1cc(COC2CCCCC2C)c(C)s1. The zero-order valence-corrected chi connectivity index (χ0v) is 13.3. The molecule has 1 heterocycles. The first-order chi connectivity index (χ1) is 9.20. The highest BCUT2D eigenvalue weighted by Gasteiger charge is 2.22. The van der Waals surface area contributed by atoms with Crippen molar-refractivity contribution in [1.82, 2.24) is 5.32 Å². The molecule has 1 N–H and O–H groups in total. The van der Waals surface area contributed by atoms with E-state index in [1.807, 2.05) is 11.3 Å². The molecule has 0 saturated heterocycles. The lowest BCUT2D eigenvalue weighted by Crippen LogP contribution is -2.25. The number of nitrogens with one attached hydrogen (secondary N) is 1. The van der Waals surface area contributed by atoms with Crippen molar-refractivity contribution in [2.24, 2.45) is 5.92 Å². The topological polar surface area (TPSA) is 21.3 Å². The van der Waals surface area contributed by atoms with Gasteiger partial charge in [0.05, 0.1) is 12.7 Å². The molecule has 2 nitrogen and oxygen atoms in total. The predicted molar refractivity (Wildman–Crippen MR) is 82.6 cm³/mol. The van der Waals surface area contributed by atoms with E-state index in [-0.39, 0.29) is 0 Å². The lowest BCUT2D eigenvalue weighted by Gasteiger charge is -2.28. The molecule has 1 aromatic heterocycles. The van der Waals surface area contributed by atoms with Crippen molar-refractivity contribution >= 4 is 11.3 Å². The van der Waals surface area contributed by atoms with Gasteiger partial charge in [-0.25, -0.2) is 0 Å². The van der Waals surface area contributed by atoms with Crippen molar-refractivity contribution in [3.8, 4) is 0 Å². The van der Waals surface area contributed by atoms with Crippen molar-refractivity contribution < 1.29 is 4.74 Å². The largest absolute Gasteiger partial charge is 0.373 e. The van der Waals surface area contributed by atoms with E-state index >= 15 is 0 Å². The Bertz CT molecular complexity index is 388. The fourth-order valence-corrected chi connectivity index (χ4v) is 3.81. The van der Waals surface area contributed by atoms with Crippen LogP contribution in [0.3, 0.4) is 0 Å². The van der Waals surface area contributed by atoms with E-state index in [0.717, 1.165) is 25.6 Å². The molecule has 2 rings (SSSR count). The van der Waals surface area contributed by atoms with Crippen LogP contribution < -0.4 is 5.32 Å². The van der Waals surface area contributed by atoms with Gasteiger partial charge in [-0.15, -0.1) is 11.3 Å². The summed E-state index contributed by atoms with van der Waals surface area (Å²) < 4.78 is 6.17. The molecule has 1 aliphatic rings. The third kappa shape index (κ3) is 4.30. The van der Waals surface area contributed by atoms with Gasteiger partial charge in [-0.05, 0) is 43.9 Å². The van der Waals surface area contributed by atoms with Crippen molar-refractivity contribution in [1.29, 1.82) is 0 Å². The number of ether oxygens (including phenoxy) is 1. The zero-order chi connectivity index (χ0) is 13.7. The van der Waals surface area contributed by atoms with Gasteiger partial charge in [0.1, 0.15) is 0 Å². The first kappa shape index (κ1) is 15.0. The summed E-state index contributed by atoms with van der Waals surface area (Å²) >= 11 is 1.90. The monoisotopic (exact) mass is 281 g/mol. The van der Waals surface area contributed by atoms with Gasteiger partial charge in [0.2, 0.25) is 0 Å². The Kier molecular flexibility index (Phi) is 5.86. The van der Waals surface area contributed by atoms with Gasteiger partial charge in [0, 0.05) is 16.3 Å². The molecule has 108 valence electrons. The Labute approximate surface area is 121 Å². The van der Waals surface area contributed by atoms with E-state index in [1.54, 1.807) is 0 Å². The molecule has 1 fully saturated rings. The van der Waals surface area contributed by atoms with Crippen molar-refractivity contribution in [2.75, 3.05) is 6.54 Å². The van der Waals surface area contributed by atoms with Crippen LogP contribution in [0.25, 0.3) is 0 Å². The van der Waals surface area contributed by atoms with Crippen LogP contribution in [-0.4, -0.2) is 12.6 Å². The van der Waals surface area contributed by atoms with Gasteiger partial charge in [-0.1, -0.05) is 26.7 Å². The molecule has 0 aromatic carbocycles. The Morgan fingerprint density at radius 2 is 2.16 bits per heavy atom. The fraction of sp³-hybridized carbons (Fsp3) is 0.750. The lowest BCUT2D eigenvalue weighted by molar-refractivity contribution is -0.0155. The third-order valence-corrected chi connectivity index (χ3v) is 5.20. The molecule has 0 radical (unpaired) electrons. The van der Waals surface area contributed by atoms with Gasteiger partial charge in [-0.3, -0.25) is 0 Å². The van der Waals surface area contributed by atoms with E-state index < -0.39 is 0 Å². The highest BCUT2D eigenvalue weighted by atomic mass is 32.1. The third-order valence-electron chi connectivity index (χ3n) is 4.11. The molecule has 19 heavy (non-hydrogen) atoms. The van der Waals surface area contributed by atoms with Crippen LogP contribution in [0.4, 0.5) is 0 Å². The minimum atomic E-state index is 0.477. The van der Waals surface area contributed by atoms with E-state index in [4.69, 9.17) is 4.74 Å². The van der Waals surface area contributed by atoms with Crippen LogP contribution in [0, 0.1) is 12.8 Å². The standard InChI is InChI=1S/C16H27NOS/c1-4-17-10-15-9-14(13(3)19-15)11-18-16-8-6-5-7-12(16)2/h9,12,16-17H,4-8,10-11H2,1-3H3. The summed E-state index contributed by atoms with van der Waals surface area (Å²) in [5.74, 6) is 0.730. The van der Waals surface area contributed by atoms with Crippen molar-refractivity contribution in [3.05, 3.63) is 21.4 Å². The molecule has 2 unspecified atom stereocenters. The van der Waals surface area contributed by atoms with Crippen LogP contribution in [0.5, 0.6) is 0 Å². The Balaban J connectivity index is 1.86. The smallest absolute Gasteiger partial charge is 0.0731 e. The molecule has 2 atom stereocenters. The normalized spacial score (nSPS) is 23.7. The molecule has 0 aliphatic heterocycles. The number of hydrogen-bond acceptors (Lipinski definition) is 3. The second-order valence-electron chi connectivity index (χ2n) is 5.69. The lowest BCUT2D eigenvalue weighted by atomic mass is 9.88. The van der Waals surface area contributed by atoms with Crippen LogP contribution in [0.1, 0.15) is 54.8 Å². The molecule has 1 aromatic rings. The summed E-state index contributed by atoms with van der Waals surface area (Å²) in [6.07, 6.45) is 5.77. The van der Waals surface area contributed by atoms with Crippen LogP contribution in [0.2, 0.25) is 0 Å². The molecule has 1 aliphatic carbocycles. The maximum absolute atomic E-state index is 6.17. The maximum atomic E-state index is 6.17. The molecular formula is C16H27NOS. The van der Waals surface area contributed by atoms with E-state index in [0.29, 0.717) is 6.10 Å². The summed E-state index contributed by atoms with van der Waals surface area (Å²) in [7, 11) is 0. The van der Waals surface area contributed by atoms with Gasteiger partial charge < -0.3 is 10.1 Å². The van der Waals surface area contributed by atoms with Crippen LogP contribution in [0.15, 0.2) is 6.07 Å². The maximum Gasteiger partial charge on any atom is 0.0731 e. The Morgan fingerprint density at radius 1 is 1.37 bits per heavy atom. The fourth-order valence-electron chi connectivity index (χ4n) is 2.79. The molecule has 0 spiro atoms. The van der Waals surface area contributed by atoms with E-state index in [9.17, 15) is 0 Å². The highest BCUT2D eigenvalue weighted by molar-refractivity contribution is 7.12. The Hall–Kier alpha value is -0.380. The summed E-state index contributed by atoms with van der Waals surface area (Å²) in [6.45, 7) is 9.51. The average Bonchev–Trinajstić information content (AvgIpc) is 2.76. The number of rotatable bonds is 6. The second kappa shape index (κ2) is 7.41. The minimum Gasteiger partial charge on any atom is -0.373 e. The van der Waals surface area contributed by atoms with Crippen molar-refractivity contribution in [3.63, 3.8) is 0 Å². The zero-order valence-electron chi connectivity index (χ0n) is 12.5. The summed E-state index contributed by atoms with van der Waals surface area (Å²) in [5.41, 5.74) is 1.38. The number of hydrogen-bond donors (Lipinski definition) is 1. The van der Waals surface area contributed by atoms with E-state index in [2.05, 4.69) is 32.2 Å². The van der Waals surface area contributed by atoms with Crippen molar-refractivity contribution in [2.45, 2.75) is 65.7 Å². The molecule has 0 amide bonds. The number of aryl methyl sites for hydroxylation is 1. The van der Waals surface area contributed by atoms with Gasteiger partial charge in [-0.2, -0.15) is 0 Å². The highest BCUT2D eigenvalue weighted by Crippen LogP contribution is 2.28. The average molecular weight is 281 g/mol. The molecule has 0 bridgehead atoms. The molecule has 1 saturated carbocycles. The molecule has 3 heteroatoms. The first-order valence-corrected chi connectivity index (χ1v) is 8.42. The van der Waals surface area contributed by atoms with Gasteiger partial charge in [0.15, 0.2) is 0 Å². The Morgan fingerprint density at radius 3 is 2.89 bits per heavy atom. The van der Waals surface area contributed by atoms with Crippen LogP contribution in [-0.2, 0) is 17.9 Å². The number of thiophene rings is 1. The predicted octanol–water partition coefficient (Wildman–Crippen LogP) is 4.26. The summed E-state index contributed by atoms with van der Waals surface area (Å²) in [6, 6.07) is 2.32. The van der Waals surface area contributed by atoms with Gasteiger partial charge in [0.25, 0.3) is 0 Å². The molecular weight excluding hydrogens is 254 g/mol. The minimum absolute atomic E-state index is 0.477. The quantitative estimate of drug-likeness (QED) is 0.841. The second-order valence-corrected chi connectivity index (χ2v) is 7.03. The van der Waals surface area contributed by atoms with Crippen LogP contribution >= 0.6 is 11.3 Å². The van der Waals surface area contributed by atoms with Gasteiger partial charge >= 0.3 is 0 Å². The first-order valence-electron chi connectivity index (χ1n) is 7.61.